The van der Waals surface area contributed by atoms with Crippen LogP contribution in [-0.2, 0) is 0 Å². The topological polar surface area (TPSA) is 62.5 Å². The number of pyridine rings is 1. The van der Waals surface area contributed by atoms with Crippen LogP contribution in [-0.4, -0.2) is 46.5 Å². The number of anilines is 1. The Hall–Kier alpha value is -1.69. The molecule has 1 atom stereocenters. The highest BCUT2D eigenvalue weighted by molar-refractivity contribution is 5.57. The summed E-state index contributed by atoms with van der Waals surface area (Å²) in [4.78, 5) is 19.7. The van der Waals surface area contributed by atoms with Crippen molar-refractivity contribution in [1.29, 1.82) is 0 Å². The Morgan fingerprint density at radius 1 is 1.29 bits per heavy atom. The van der Waals surface area contributed by atoms with Crippen molar-refractivity contribution in [3.63, 3.8) is 0 Å². The lowest BCUT2D eigenvalue weighted by Crippen LogP contribution is -2.46. The summed E-state index contributed by atoms with van der Waals surface area (Å²) in [5.74, 6) is 0.524. The average Bonchev–Trinajstić information content (AvgIpc) is 2.93. The molecule has 1 aromatic rings. The van der Waals surface area contributed by atoms with Crippen molar-refractivity contribution in [1.82, 2.24) is 9.88 Å². The maximum Gasteiger partial charge on any atom is 0.311 e. The first kappa shape index (κ1) is 14.3. The molecule has 0 amide bonds. The number of aromatic nitrogens is 1. The second-order valence-corrected chi connectivity index (χ2v) is 6.05. The third-order valence-electron chi connectivity index (χ3n) is 4.80. The molecule has 0 aliphatic carbocycles. The van der Waals surface area contributed by atoms with Crippen molar-refractivity contribution in [2.75, 3.05) is 24.5 Å². The normalized spacial score (nSPS) is 24.4. The van der Waals surface area contributed by atoms with Crippen molar-refractivity contribution in [2.45, 2.75) is 44.7 Å². The monoisotopic (exact) mass is 290 g/mol. The van der Waals surface area contributed by atoms with Gasteiger partial charge in [0.1, 0.15) is 0 Å². The predicted molar refractivity (Wildman–Crippen MR) is 81.5 cm³/mol. The molecule has 2 aliphatic heterocycles. The van der Waals surface area contributed by atoms with Crippen LogP contribution in [0.15, 0.2) is 18.3 Å². The van der Waals surface area contributed by atoms with E-state index in [2.05, 4.69) is 21.7 Å². The summed E-state index contributed by atoms with van der Waals surface area (Å²) in [6.45, 7) is 5.22. The van der Waals surface area contributed by atoms with Crippen LogP contribution in [0.3, 0.4) is 0 Å². The van der Waals surface area contributed by atoms with Gasteiger partial charge in [-0.15, -0.1) is 0 Å². The molecular weight excluding hydrogens is 268 g/mol. The zero-order valence-electron chi connectivity index (χ0n) is 12.4. The molecular formula is C15H22N4O2. The summed E-state index contributed by atoms with van der Waals surface area (Å²) in [6, 6.07) is 4.48. The fraction of sp³-hybridized carbons (Fsp3) is 0.667. The summed E-state index contributed by atoms with van der Waals surface area (Å²) >= 11 is 0. The number of piperidine rings is 1. The molecule has 2 aliphatic rings. The highest BCUT2D eigenvalue weighted by Gasteiger charge is 2.32. The Bertz CT molecular complexity index is 514. The number of likely N-dealkylation sites (tertiary alicyclic amines) is 1. The second kappa shape index (κ2) is 5.97. The quantitative estimate of drug-likeness (QED) is 0.632. The van der Waals surface area contributed by atoms with E-state index in [1.807, 2.05) is 0 Å². The Labute approximate surface area is 124 Å². The third kappa shape index (κ3) is 2.85. The first-order chi connectivity index (χ1) is 10.2. The Kier molecular flexibility index (Phi) is 4.05. The zero-order chi connectivity index (χ0) is 14.8. The molecule has 1 unspecified atom stereocenters. The molecule has 2 fully saturated rings. The highest BCUT2D eigenvalue weighted by atomic mass is 16.6. The van der Waals surface area contributed by atoms with Gasteiger partial charge in [-0.1, -0.05) is 0 Å². The summed E-state index contributed by atoms with van der Waals surface area (Å²) in [5, 5.41) is 11.1. The van der Waals surface area contributed by atoms with Crippen molar-refractivity contribution in [3.8, 4) is 0 Å². The van der Waals surface area contributed by atoms with Crippen LogP contribution in [0.4, 0.5) is 11.5 Å². The van der Waals surface area contributed by atoms with E-state index >= 15 is 0 Å². The minimum atomic E-state index is -0.336. The molecule has 0 spiro atoms. The van der Waals surface area contributed by atoms with E-state index < -0.39 is 0 Å². The van der Waals surface area contributed by atoms with Crippen molar-refractivity contribution < 1.29 is 4.92 Å². The van der Waals surface area contributed by atoms with Crippen LogP contribution < -0.4 is 4.90 Å². The molecule has 3 rings (SSSR count). The molecule has 6 nitrogen and oxygen atoms in total. The van der Waals surface area contributed by atoms with E-state index in [0.29, 0.717) is 17.9 Å². The maximum atomic E-state index is 11.1. The van der Waals surface area contributed by atoms with Gasteiger partial charge in [-0.2, -0.15) is 0 Å². The highest BCUT2D eigenvalue weighted by Crippen LogP contribution is 2.30. The van der Waals surface area contributed by atoms with Gasteiger partial charge in [-0.3, -0.25) is 15.0 Å². The maximum absolute atomic E-state index is 11.1. The standard InChI is InChI=1S/C15H22N4O2/c1-12-4-3-9-18(12)13-6-10-17(11-7-13)15-14(19(20)21)5-2-8-16-15/h2,5,8,12-13H,3-4,6-7,9-11H2,1H3. The van der Waals surface area contributed by atoms with Gasteiger partial charge in [0.05, 0.1) is 4.92 Å². The van der Waals surface area contributed by atoms with Gasteiger partial charge in [-0.25, -0.2) is 4.98 Å². The van der Waals surface area contributed by atoms with Crippen LogP contribution in [0.1, 0.15) is 32.6 Å². The molecule has 0 N–H and O–H groups in total. The predicted octanol–water partition coefficient (Wildman–Crippen LogP) is 2.44. The molecule has 1 aromatic heterocycles. The lowest BCUT2D eigenvalue weighted by molar-refractivity contribution is -0.384. The van der Waals surface area contributed by atoms with Crippen LogP contribution in [0.2, 0.25) is 0 Å². The lowest BCUT2D eigenvalue weighted by Gasteiger charge is -2.38. The molecule has 0 saturated carbocycles. The van der Waals surface area contributed by atoms with Gasteiger partial charge in [-0.05, 0) is 45.2 Å². The molecule has 21 heavy (non-hydrogen) atoms. The largest absolute Gasteiger partial charge is 0.351 e. The minimum Gasteiger partial charge on any atom is -0.351 e. The van der Waals surface area contributed by atoms with E-state index in [9.17, 15) is 10.1 Å². The van der Waals surface area contributed by atoms with Crippen LogP contribution in [0.5, 0.6) is 0 Å². The number of rotatable bonds is 3. The smallest absolute Gasteiger partial charge is 0.311 e. The molecule has 6 heteroatoms. The van der Waals surface area contributed by atoms with E-state index in [1.165, 1.54) is 25.5 Å². The summed E-state index contributed by atoms with van der Waals surface area (Å²) < 4.78 is 0. The molecule has 0 bridgehead atoms. The van der Waals surface area contributed by atoms with E-state index in [0.717, 1.165) is 25.9 Å². The van der Waals surface area contributed by atoms with Gasteiger partial charge in [0.15, 0.2) is 0 Å². The van der Waals surface area contributed by atoms with Gasteiger partial charge >= 0.3 is 5.69 Å². The van der Waals surface area contributed by atoms with Gasteiger partial charge in [0.2, 0.25) is 5.82 Å². The van der Waals surface area contributed by atoms with Crippen LogP contribution >= 0.6 is 0 Å². The second-order valence-electron chi connectivity index (χ2n) is 6.05. The summed E-state index contributed by atoms with van der Waals surface area (Å²) in [5.41, 5.74) is 0.116. The number of hydrogen-bond donors (Lipinski definition) is 0. The lowest BCUT2D eigenvalue weighted by atomic mass is 10.0. The van der Waals surface area contributed by atoms with Gasteiger partial charge in [0.25, 0.3) is 0 Å². The van der Waals surface area contributed by atoms with Crippen molar-refractivity contribution in [3.05, 3.63) is 28.4 Å². The van der Waals surface area contributed by atoms with E-state index in [1.54, 1.807) is 12.3 Å². The number of hydrogen-bond acceptors (Lipinski definition) is 5. The zero-order valence-corrected chi connectivity index (χ0v) is 12.4. The molecule has 0 aromatic carbocycles. The Morgan fingerprint density at radius 3 is 2.67 bits per heavy atom. The van der Waals surface area contributed by atoms with Crippen molar-refractivity contribution in [2.24, 2.45) is 0 Å². The first-order valence-corrected chi connectivity index (χ1v) is 7.77. The van der Waals surface area contributed by atoms with E-state index in [4.69, 9.17) is 0 Å². The number of nitro groups is 1. The van der Waals surface area contributed by atoms with Crippen LogP contribution in [0, 0.1) is 10.1 Å². The number of nitrogens with zero attached hydrogens (tertiary/aromatic N) is 4. The first-order valence-electron chi connectivity index (χ1n) is 7.77. The van der Waals surface area contributed by atoms with Gasteiger partial charge < -0.3 is 4.90 Å². The average molecular weight is 290 g/mol. The Balaban J connectivity index is 1.67. The van der Waals surface area contributed by atoms with Gasteiger partial charge in [0, 0.05) is 37.4 Å². The molecule has 3 heterocycles. The fourth-order valence-electron chi connectivity index (χ4n) is 3.68. The Morgan fingerprint density at radius 2 is 2.05 bits per heavy atom. The van der Waals surface area contributed by atoms with Crippen molar-refractivity contribution >= 4 is 11.5 Å². The SMILES string of the molecule is CC1CCCN1C1CCN(c2ncccc2[N+](=O)[O-])CC1. The molecule has 2 saturated heterocycles. The minimum absolute atomic E-state index is 0.116. The fourth-order valence-corrected chi connectivity index (χ4v) is 3.68. The molecule has 0 radical (unpaired) electrons. The third-order valence-corrected chi connectivity index (χ3v) is 4.80. The summed E-state index contributed by atoms with van der Waals surface area (Å²) in [6.07, 6.45) is 6.37. The summed E-state index contributed by atoms with van der Waals surface area (Å²) in [7, 11) is 0. The van der Waals surface area contributed by atoms with E-state index in [-0.39, 0.29) is 10.6 Å². The van der Waals surface area contributed by atoms with Crippen LogP contribution in [0.25, 0.3) is 0 Å². The molecule has 114 valence electrons.